The monoisotopic (exact) mass is 198 g/mol. The van der Waals surface area contributed by atoms with E-state index < -0.39 is 0 Å². The van der Waals surface area contributed by atoms with Crippen molar-refractivity contribution in [3.05, 3.63) is 35.1 Å². The summed E-state index contributed by atoms with van der Waals surface area (Å²) in [5.41, 5.74) is 1.35. The topological polar surface area (TPSA) is 29.5 Å². The highest BCUT2D eigenvalue weighted by Crippen LogP contribution is 2.19. The molecule has 0 saturated heterocycles. The molecule has 14 heavy (non-hydrogen) atoms. The normalized spacial score (nSPS) is 12.9. The van der Waals surface area contributed by atoms with Crippen molar-refractivity contribution in [2.75, 3.05) is 13.7 Å². The van der Waals surface area contributed by atoms with Crippen molar-refractivity contribution in [1.82, 2.24) is 0 Å². The number of aliphatic hydroxyl groups excluding tert-OH is 1. The first kappa shape index (κ1) is 11.1. The highest BCUT2D eigenvalue weighted by Gasteiger charge is 2.10. The zero-order valence-corrected chi connectivity index (χ0v) is 8.46. The van der Waals surface area contributed by atoms with Crippen LogP contribution in [0.4, 0.5) is 4.39 Å². The van der Waals surface area contributed by atoms with Gasteiger partial charge in [0.15, 0.2) is 0 Å². The van der Waals surface area contributed by atoms with Gasteiger partial charge in [-0.3, -0.25) is 0 Å². The molecule has 0 heterocycles. The van der Waals surface area contributed by atoms with E-state index in [0.29, 0.717) is 12.2 Å². The van der Waals surface area contributed by atoms with Crippen LogP contribution < -0.4 is 0 Å². The number of halogens is 1. The summed E-state index contributed by atoms with van der Waals surface area (Å²) in [5.74, 6) is -0.437. The Morgan fingerprint density at radius 1 is 1.50 bits per heavy atom. The fourth-order valence-corrected chi connectivity index (χ4v) is 1.33. The van der Waals surface area contributed by atoms with Gasteiger partial charge in [0.25, 0.3) is 0 Å². The molecule has 0 aliphatic carbocycles. The number of ether oxygens (including phenoxy) is 1. The quantitative estimate of drug-likeness (QED) is 0.802. The Kier molecular flexibility index (Phi) is 4.04. The highest BCUT2D eigenvalue weighted by atomic mass is 19.1. The zero-order chi connectivity index (χ0) is 10.6. The van der Waals surface area contributed by atoms with Gasteiger partial charge in [-0.15, -0.1) is 0 Å². The van der Waals surface area contributed by atoms with Crippen molar-refractivity contribution >= 4 is 0 Å². The maximum Gasteiger partial charge on any atom is 0.127 e. The van der Waals surface area contributed by atoms with Crippen LogP contribution >= 0.6 is 0 Å². The molecule has 1 aromatic carbocycles. The van der Waals surface area contributed by atoms with Crippen LogP contribution in [0.2, 0.25) is 0 Å². The van der Waals surface area contributed by atoms with E-state index in [9.17, 15) is 4.39 Å². The number of rotatable bonds is 4. The molecule has 0 aromatic heterocycles. The lowest BCUT2D eigenvalue weighted by atomic mass is 10.00. The molecule has 1 atom stereocenters. The van der Waals surface area contributed by atoms with Crippen molar-refractivity contribution in [1.29, 1.82) is 0 Å². The van der Waals surface area contributed by atoms with Crippen molar-refractivity contribution < 1.29 is 14.2 Å². The summed E-state index contributed by atoms with van der Waals surface area (Å²) in [6.07, 6.45) is 0. The van der Waals surface area contributed by atoms with E-state index >= 15 is 0 Å². The van der Waals surface area contributed by atoms with E-state index in [1.165, 1.54) is 6.07 Å². The number of aliphatic hydroxyl groups is 1. The lowest BCUT2D eigenvalue weighted by Crippen LogP contribution is -2.02. The SMILES string of the molecule is COCc1ccc(C(C)CO)c(F)c1. The van der Waals surface area contributed by atoms with Gasteiger partial charge in [-0.25, -0.2) is 4.39 Å². The zero-order valence-electron chi connectivity index (χ0n) is 8.46. The predicted octanol–water partition coefficient (Wildman–Crippen LogP) is 2.07. The maximum atomic E-state index is 13.4. The molecule has 0 aliphatic heterocycles. The van der Waals surface area contributed by atoms with Gasteiger partial charge in [0.1, 0.15) is 5.82 Å². The molecule has 1 N–H and O–H groups in total. The number of benzene rings is 1. The van der Waals surface area contributed by atoms with Crippen LogP contribution in [0.1, 0.15) is 24.0 Å². The van der Waals surface area contributed by atoms with Crippen LogP contribution in [0.5, 0.6) is 0 Å². The van der Waals surface area contributed by atoms with E-state index in [2.05, 4.69) is 0 Å². The van der Waals surface area contributed by atoms with E-state index in [4.69, 9.17) is 9.84 Å². The molecule has 0 aliphatic rings. The van der Waals surface area contributed by atoms with Crippen LogP contribution in [0.15, 0.2) is 18.2 Å². The molecule has 0 bridgehead atoms. The second-order valence-electron chi connectivity index (χ2n) is 3.37. The van der Waals surface area contributed by atoms with Gasteiger partial charge in [-0.2, -0.15) is 0 Å². The Hall–Kier alpha value is -0.930. The standard InChI is InChI=1S/C11H15FO2/c1-8(6-13)10-4-3-9(7-14-2)5-11(10)12/h3-5,8,13H,6-7H2,1-2H3. The van der Waals surface area contributed by atoms with Crippen molar-refractivity contribution in [3.63, 3.8) is 0 Å². The largest absolute Gasteiger partial charge is 0.396 e. The minimum absolute atomic E-state index is 0.0411. The number of hydrogen-bond acceptors (Lipinski definition) is 2. The molecule has 0 radical (unpaired) electrons. The second kappa shape index (κ2) is 5.08. The Labute approximate surface area is 83.3 Å². The molecule has 0 saturated carbocycles. The summed E-state index contributed by atoms with van der Waals surface area (Å²) >= 11 is 0. The molecule has 3 heteroatoms. The molecule has 0 amide bonds. The van der Waals surface area contributed by atoms with Gasteiger partial charge in [-0.1, -0.05) is 19.1 Å². The average molecular weight is 198 g/mol. The van der Waals surface area contributed by atoms with Gasteiger partial charge in [0.2, 0.25) is 0 Å². The minimum Gasteiger partial charge on any atom is -0.396 e. The third-order valence-corrected chi connectivity index (χ3v) is 2.18. The Morgan fingerprint density at radius 3 is 2.71 bits per heavy atom. The van der Waals surface area contributed by atoms with Crippen LogP contribution in [-0.4, -0.2) is 18.8 Å². The highest BCUT2D eigenvalue weighted by molar-refractivity contribution is 5.26. The van der Waals surface area contributed by atoms with E-state index in [-0.39, 0.29) is 18.3 Å². The van der Waals surface area contributed by atoms with Gasteiger partial charge >= 0.3 is 0 Å². The summed E-state index contributed by atoms with van der Waals surface area (Å²) in [4.78, 5) is 0. The molecular weight excluding hydrogens is 183 g/mol. The third-order valence-electron chi connectivity index (χ3n) is 2.18. The molecule has 1 rings (SSSR count). The van der Waals surface area contributed by atoms with Crippen molar-refractivity contribution in [2.45, 2.75) is 19.4 Å². The number of hydrogen-bond donors (Lipinski definition) is 1. The summed E-state index contributed by atoms with van der Waals surface area (Å²) in [6, 6.07) is 4.96. The lowest BCUT2D eigenvalue weighted by Gasteiger charge is -2.10. The minimum atomic E-state index is -0.277. The van der Waals surface area contributed by atoms with Gasteiger partial charge in [-0.05, 0) is 17.2 Å². The Balaban J connectivity index is 2.89. The van der Waals surface area contributed by atoms with Crippen LogP contribution in [0, 0.1) is 5.82 Å². The van der Waals surface area contributed by atoms with E-state index in [1.54, 1.807) is 20.1 Å². The first-order valence-electron chi connectivity index (χ1n) is 4.57. The average Bonchev–Trinajstić information content (AvgIpc) is 2.17. The smallest absolute Gasteiger partial charge is 0.127 e. The summed E-state index contributed by atoms with van der Waals surface area (Å²) < 4.78 is 18.3. The summed E-state index contributed by atoms with van der Waals surface area (Å²) in [7, 11) is 1.57. The van der Waals surface area contributed by atoms with Gasteiger partial charge in [0.05, 0.1) is 6.61 Å². The predicted molar refractivity (Wildman–Crippen MR) is 52.6 cm³/mol. The lowest BCUT2D eigenvalue weighted by molar-refractivity contribution is 0.184. The van der Waals surface area contributed by atoms with Crippen LogP contribution in [0.25, 0.3) is 0 Å². The third kappa shape index (κ3) is 2.53. The Morgan fingerprint density at radius 2 is 2.21 bits per heavy atom. The van der Waals surface area contributed by atoms with Gasteiger partial charge < -0.3 is 9.84 Å². The summed E-state index contributed by atoms with van der Waals surface area (Å²) in [6.45, 7) is 2.15. The number of methoxy groups -OCH3 is 1. The van der Waals surface area contributed by atoms with Crippen LogP contribution in [0.3, 0.4) is 0 Å². The molecule has 1 aromatic rings. The van der Waals surface area contributed by atoms with E-state index in [0.717, 1.165) is 5.56 Å². The van der Waals surface area contributed by atoms with Crippen molar-refractivity contribution in [3.8, 4) is 0 Å². The fourth-order valence-electron chi connectivity index (χ4n) is 1.33. The molecule has 1 unspecified atom stereocenters. The van der Waals surface area contributed by atoms with Crippen molar-refractivity contribution in [2.24, 2.45) is 0 Å². The molecule has 0 fully saturated rings. The maximum absolute atomic E-state index is 13.4. The molecule has 2 nitrogen and oxygen atoms in total. The fraction of sp³-hybridized carbons (Fsp3) is 0.455. The second-order valence-corrected chi connectivity index (χ2v) is 3.37. The van der Waals surface area contributed by atoms with E-state index in [1.807, 2.05) is 6.07 Å². The summed E-state index contributed by atoms with van der Waals surface area (Å²) in [5, 5.41) is 8.89. The molecular formula is C11H15FO2. The molecule has 0 spiro atoms. The molecule has 78 valence electrons. The Bertz CT molecular complexity index is 299. The first-order chi connectivity index (χ1) is 6.69. The first-order valence-corrected chi connectivity index (χ1v) is 4.57. The van der Waals surface area contributed by atoms with Gasteiger partial charge in [0, 0.05) is 19.6 Å². The van der Waals surface area contributed by atoms with Crippen LogP contribution in [-0.2, 0) is 11.3 Å².